The maximum absolute atomic E-state index is 12.2. The van der Waals surface area contributed by atoms with E-state index in [1.54, 1.807) is 0 Å². The number of rotatable bonds is 4. The molecular formula is C17H24N2O. The topological polar surface area (TPSA) is 41.1 Å². The predicted octanol–water partition coefficient (Wildman–Crippen LogP) is 2.67. The smallest absolute Gasteiger partial charge is 0.251 e. The lowest BCUT2D eigenvalue weighted by molar-refractivity contribution is 0.0956. The molecule has 0 radical (unpaired) electrons. The highest BCUT2D eigenvalue weighted by atomic mass is 16.1. The molecule has 2 N–H and O–H groups in total. The molecule has 1 aliphatic heterocycles. The highest BCUT2D eigenvalue weighted by Gasteiger charge is 2.33. The number of hydrogen-bond acceptors (Lipinski definition) is 2. The zero-order valence-electron chi connectivity index (χ0n) is 12.4. The van der Waals surface area contributed by atoms with Gasteiger partial charge in [0.1, 0.15) is 0 Å². The van der Waals surface area contributed by atoms with E-state index in [9.17, 15) is 4.79 Å². The summed E-state index contributed by atoms with van der Waals surface area (Å²) in [6, 6.07) is 6.82. The maximum Gasteiger partial charge on any atom is 0.251 e. The Morgan fingerprint density at radius 3 is 2.85 bits per heavy atom. The summed E-state index contributed by atoms with van der Waals surface area (Å²) < 4.78 is 0. The summed E-state index contributed by atoms with van der Waals surface area (Å²) in [6.45, 7) is 3.11. The highest BCUT2D eigenvalue weighted by molar-refractivity contribution is 5.96. The summed E-state index contributed by atoms with van der Waals surface area (Å²) in [6.07, 6.45) is 4.73. The van der Waals surface area contributed by atoms with Crippen LogP contribution in [0.4, 0.5) is 0 Å². The third-order valence-corrected chi connectivity index (χ3v) is 4.85. The Morgan fingerprint density at radius 1 is 1.35 bits per heavy atom. The van der Waals surface area contributed by atoms with Crippen molar-refractivity contribution < 1.29 is 4.79 Å². The van der Waals surface area contributed by atoms with Gasteiger partial charge in [-0.15, -0.1) is 0 Å². The van der Waals surface area contributed by atoms with Crippen molar-refractivity contribution in [1.29, 1.82) is 0 Å². The van der Waals surface area contributed by atoms with Gasteiger partial charge in [-0.1, -0.05) is 19.1 Å². The fraction of sp³-hybridized carbons (Fsp3) is 0.588. The molecule has 0 saturated heterocycles. The molecule has 1 aromatic carbocycles. The largest absolute Gasteiger partial charge is 0.352 e. The second-order valence-corrected chi connectivity index (χ2v) is 6.24. The summed E-state index contributed by atoms with van der Waals surface area (Å²) in [7, 11) is 2.02. The van der Waals surface area contributed by atoms with Crippen LogP contribution in [0.25, 0.3) is 0 Å². The van der Waals surface area contributed by atoms with E-state index in [-0.39, 0.29) is 5.91 Å². The van der Waals surface area contributed by atoms with Crippen molar-refractivity contribution in [3.63, 3.8) is 0 Å². The van der Waals surface area contributed by atoms with Crippen LogP contribution in [-0.4, -0.2) is 19.5 Å². The van der Waals surface area contributed by atoms with Crippen molar-refractivity contribution in [2.45, 2.75) is 38.6 Å². The molecule has 1 fully saturated rings. The summed E-state index contributed by atoms with van der Waals surface area (Å²) in [5.41, 5.74) is 3.32. The SMILES string of the molecule is CNC(c1ccc2c(c1)C(=O)NCCC2)C(C)C1CC1. The molecule has 1 amide bonds. The summed E-state index contributed by atoms with van der Waals surface area (Å²) >= 11 is 0. The van der Waals surface area contributed by atoms with Crippen LogP contribution in [0, 0.1) is 11.8 Å². The van der Waals surface area contributed by atoms with Gasteiger partial charge in [-0.05, 0) is 61.8 Å². The van der Waals surface area contributed by atoms with E-state index in [1.165, 1.54) is 24.0 Å². The Balaban J connectivity index is 1.91. The van der Waals surface area contributed by atoms with E-state index in [0.29, 0.717) is 12.0 Å². The van der Waals surface area contributed by atoms with Crippen LogP contribution in [0.3, 0.4) is 0 Å². The average molecular weight is 272 g/mol. The highest BCUT2D eigenvalue weighted by Crippen LogP contribution is 2.42. The minimum Gasteiger partial charge on any atom is -0.352 e. The number of nitrogens with one attached hydrogen (secondary N) is 2. The fourth-order valence-electron chi connectivity index (χ4n) is 3.42. The Bertz CT molecular complexity index is 508. The third-order valence-electron chi connectivity index (χ3n) is 4.85. The van der Waals surface area contributed by atoms with Crippen molar-refractivity contribution in [3.05, 3.63) is 34.9 Å². The molecule has 1 saturated carbocycles. The van der Waals surface area contributed by atoms with Gasteiger partial charge in [-0.25, -0.2) is 0 Å². The van der Waals surface area contributed by atoms with Crippen molar-refractivity contribution in [1.82, 2.24) is 10.6 Å². The van der Waals surface area contributed by atoms with Gasteiger partial charge in [0.2, 0.25) is 0 Å². The first-order valence-corrected chi connectivity index (χ1v) is 7.79. The molecular weight excluding hydrogens is 248 g/mol. The van der Waals surface area contributed by atoms with Crippen LogP contribution >= 0.6 is 0 Å². The van der Waals surface area contributed by atoms with Gasteiger partial charge in [0, 0.05) is 18.2 Å². The van der Waals surface area contributed by atoms with Crippen LogP contribution < -0.4 is 10.6 Å². The van der Waals surface area contributed by atoms with E-state index in [4.69, 9.17) is 0 Å². The van der Waals surface area contributed by atoms with Crippen LogP contribution in [0.5, 0.6) is 0 Å². The van der Waals surface area contributed by atoms with Crippen molar-refractivity contribution in [3.8, 4) is 0 Å². The van der Waals surface area contributed by atoms with Gasteiger partial charge in [-0.3, -0.25) is 4.79 Å². The zero-order chi connectivity index (χ0) is 14.1. The molecule has 2 atom stereocenters. The van der Waals surface area contributed by atoms with E-state index in [2.05, 4.69) is 35.8 Å². The van der Waals surface area contributed by atoms with Crippen molar-refractivity contribution >= 4 is 5.91 Å². The molecule has 0 aromatic heterocycles. The van der Waals surface area contributed by atoms with Crippen molar-refractivity contribution in [2.75, 3.05) is 13.6 Å². The molecule has 2 aliphatic rings. The van der Waals surface area contributed by atoms with Gasteiger partial charge in [0.25, 0.3) is 5.91 Å². The van der Waals surface area contributed by atoms with E-state index in [1.807, 2.05) is 7.05 Å². The number of amides is 1. The number of carbonyl (C=O) groups excluding carboxylic acids is 1. The lowest BCUT2D eigenvalue weighted by Gasteiger charge is -2.24. The van der Waals surface area contributed by atoms with Crippen LogP contribution in [0.1, 0.15) is 53.7 Å². The van der Waals surface area contributed by atoms with Gasteiger partial charge in [0.15, 0.2) is 0 Å². The Kier molecular flexibility index (Phi) is 3.79. The van der Waals surface area contributed by atoms with Gasteiger partial charge >= 0.3 is 0 Å². The van der Waals surface area contributed by atoms with Crippen molar-refractivity contribution in [2.24, 2.45) is 11.8 Å². The third kappa shape index (κ3) is 2.59. The molecule has 0 spiro atoms. The molecule has 3 heteroatoms. The monoisotopic (exact) mass is 272 g/mol. The van der Waals surface area contributed by atoms with E-state index in [0.717, 1.165) is 30.9 Å². The van der Waals surface area contributed by atoms with Gasteiger partial charge < -0.3 is 10.6 Å². The fourth-order valence-corrected chi connectivity index (χ4v) is 3.42. The lowest BCUT2D eigenvalue weighted by atomic mass is 9.88. The Morgan fingerprint density at radius 2 is 2.15 bits per heavy atom. The second-order valence-electron chi connectivity index (χ2n) is 6.24. The molecule has 3 nitrogen and oxygen atoms in total. The number of aryl methyl sites for hydroxylation is 1. The first-order valence-electron chi connectivity index (χ1n) is 7.79. The molecule has 20 heavy (non-hydrogen) atoms. The van der Waals surface area contributed by atoms with Crippen LogP contribution in [-0.2, 0) is 6.42 Å². The van der Waals surface area contributed by atoms with E-state index < -0.39 is 0 Å². The minimum atomic E-state index is 0.0910. The number of carbonyl (C=O) groups is 1. The van der Waals surface area contributed by atoms with Crippen LogP contribution in [0.2, 0.25) is 0 Å². The number of benzene rings is 1. The molecule has 3 rings (SSSR count). The Labute approximate surface area is 121 Å². The first-order chi connectivity index (χ1) is 9.70. The average Bonchev–Trinajstić information content (AvgIpc) is 3.29. The molecule has 1 aromatic rings. The number of hydrogen-bond donors (Lipinski definition) is 2. The molecule has 1 heterocycles. The Hall–Kier alpha value is -1.35. The van der Waals surface area contributed by atoms with Crippen LogP contribution in [0.15, 0.2) is 18.2 Å². The zero-order valence-corrected chi connectivity index (χ0v) is 12.4. The first kappa shape index (κ1) is 13.6. The normalized spacial score (nSPS) is 21.6. The summed E-state index contributed by atoms with van der Waals surface area (Å²) in [5, 5.41) is 6.43. The number of fused-ring (bicyclic) bond motifs is 1. The molecule has 0 bridgehead atoms. The quantitative estimate of drug-likeness (QED) is 0.885. The van der Waals surface area contributed by atoms with Gasteiger partial charge in [-0.2, -0.15) is 0 Å². The lowest BCUT2D eigenvalue weighted by Crippen LogP contribution is -2.26. The standard InChI is InChI=1S/C17H24N2O/c1-11(12-5-6-12)16(18-2)14-8-7-13-4-3-9-19-17(20)15(13)10-14/h7-8,10-12,16,18H,3-6,9H2,1-2H3,(H,19,20). The summed E-state index contributed by atoms with van der Waals surface area (Å²) in [4.78, 5) is 12.2. The van der Waals surface area contributed by atoms with Gasteiger partial charge in [0.05, 0.1) is 0 Å². The van der Waals surface area contributed by atoms with E-state index >= 15 is 0 Å². The second kappa shape index (κ2) is 5.57. The molecule has 2 unspecified atom stereocenters. The summed E-state index contributed by atoms with van der Waals surface area (Å²) in [5.74, 6) is 1.57. The maximum atomic E-state index is 12.2. The molecule has 1 aliphatic carbocycles. The minimum absolute atomic E-state index is 0.0910. The predicted molar refractivity (Wildman–Crippen MR) is 80.8 cm³/mol. The molecule has 108 valence electrons.